The summed E-state index contributed by atoms with van der Waals surface area (Å²) in [5.41, 5.74) is 6.75. The second-order valence-corrected chi connectivity index (χ2v) is 6.26. The highest BCUT2D eigenvalue weighted by Gasteiger charge is 2.23. The van der Waals surface area contributed by atoms with Crippen molar-refractivity contribution in [2.45, 2.75) is 32.2 Å². The van der Waals surface area contributed by atoms with Crippen LogP contribution in [0.1, 0.15) is 25.3 Å². The first-order chi connectivity index (χ1) is 12.0. The Balaban J connectivity index is 1.74. The highest BCUT2D eigenvalue weighted by Crippen LogP contribution is 2.17. The number of hydrogen-bond acceptors (Lipinski definition) is 3. The van der Waals surface area contributed by atoms with E-state index >= 15 is 0 Å². The Morgan fingerprint density at radius 1 is 1.48 bits per heavy atom. The zero-order valence-corrected chi connectivity index (χ0v) is 15.1. The van der Waals surface area contributed by atoms with Crippen LogP contribution in [0.15, 0.2) is 23.2 Å². The molecular weight excluding hydrogens is 347 g/mol. The molecule has 1 aliphatic heterocycles. The molecule has 1 saturated heterocycles. The van der Waals surface area contributed by atoms with Crippen molar-refractivity contribution in [3.8, 4) is 0 Å². The monoisotopic (exact) mass is 370 g/mol. The molecular formula is C17H24ClFN4O2. The van der Waals surface area contributed by atoms with Gasteiger partial charge in [-0.25, -0.2) is 9.18 Å². The fourth-order valence-corrected chi connectivity index (χ4v) is 2.96. The number of amides is 1. The molecule has 0 saturated carbocycles. The quantitative estimate of drug-likeness (QED) is 0.616. The first-order valence-electron chi connectivity index (χ1n) is 8.41. The predicted molar refractivity (Wildman–Crippen MR) is 96.4 cm³/mol. The molecule has 2 rings (SSSR count). The summed E-state index contributed by atoms with van der Waals surface area (Å²) in [6, 6.07) is 4.51. The largest absolute Gasteiger partial charge is 0.450 e. The molecule has 1 aromatic rings. The molecule has 6 nitrogen and oxygen atoms in total. The molecule has 25 heavy (non-hydrogen) atoms. The molecule has 3 N–H and O–H groups in total. The standard InChI is InChI=1S/C17H24ClFN4O2/c1-2-25-17(24)23-9-6-14(7-10-23)22-16(20)21-8-5-12-3-4-13(19)11-15(12)18/h3-4,11,14H,2,5-10H2,1H3,(H3,20,21,22). The third-order valence-corrected chi connectivity index (χ3v) is 4.40. The fraction of sp³-hybridized carbons (Fsp3) is 0.529. The fourth-order valence-electron chi connectivity index (χ4n) is 2.70. The smallest absolute Gasteiger partial charge is 0.409 e. The highest BCUT2D eigenvalue weighted by molar-refractivity contribution is 6.31. The van der Waals surface area contributed by atoms with Gasteiger partial charge in [0.05, 0.1) is 6.61 Å². The van der Waals surface area contributed by atoms with Crippen LogP contribution in [-0.2, 0) is 11.2 Å². The topological polar surface area (TPSA) is 80.0 Å². The van der Waals surface area contributed by atoms with Crippen molar-refractivity contribution in [3.63, 3.8) is 0 Å². The first kappa shape index (κ1) is 19.3. The first-order valence-corrected chi connectivity index (χ1v) is 8.79. The summed E-state index contributed by atoms with van der Waals surface area (Å²) in [5.74, 6) is 0.0143. The van der Waals surface area contributed by atoms with Gasteiger partial charge in [-0.1, -0.05) is 17.7 Å². The van der Waals surface area contributed by atoms with Crippen LogP contribution >= 0.6 is 11.6 Å². The maximum Gasteiger partial charge on any atom is 0.409 e. The number of rotatable bonds is 5. The van der Waals surface area contributed by atoms with Crippen molar-refractivity contribution >= 4 is 23.7 Å². The van der Waals surface area contributed by atoms with E-state index < -0.39 is 0 Å². The molecule has 1 heterocycles. The van der Waals surface area contributed by atoms with Gasteiger partial charge in [0.1, 0.15) is 5.82 Å². The molecule has 0 unspecified atom stereocenters. The van der Waals surface area contributed by atoms with E-state index in [1.165, 1.54) is 12.1 Å². The van der Waals surface area contributed by atoms with E-state index in [0.29, 0.717) is 43.6 Å². The molecule has 0 aromatic heterocycles. The van der Waals surface area contributed by atoms with Gasteiger partial charge >= 0.3 is 6.09 Å². The lowest BCUT2D eigenvalue weighted by atomic mass is 10.1. The number of likely N-dealkylation sites (tertiary alicyclic amines) is 1. The van der Waals surface area contributed by atoms with E-state index in [9.17, 15) is 9.18 Å². The van der Waals surface area contributed by atoms with Crippen LogP contribution in [-0.4, -0.2) is 49.2 Å². The van der Waals surface area contributed by atoms with Crippen molar-refractivity contribution in [1.29, 1.82) is 0 Å². The van der Waals surface area contributed by atoms with Gasteiger partial charge in [0, 0.05) is 30.7 Å². The number of benzene rings is 1. The van der Waals surface area contributed by atoms with E-state index in [4.69, 9.17) is 22.1 Å². The van der Waals surface area contributed by atoms with Crippen molar-refractivity contribution < 1.29 is 13.9 Å². The molecule has 1 aromatic carbocycles. The molecule has 0 atom stereocenters. The number of carbonyl (C=O) groups is 1. The molecule has 0 spiro atoms. The lowest BCUT2D eigenvalue weighted by Crippen LogP contribution is -2.48. The SMILES string of the molecule is CCOC(=O)N1CCC(NC(N)=NCCc2ccc(F)cc2Cl)CC1. The number of ether oxygens (including phenoxy) is 1. The Morgan fingerprint density at radius 2 is 2.20 bits per heavy atom. The lowest BCUT2D eigenvalue weighted by molar-refractivity contribution is 0.0963. The minimum atomic E-state index is -0.354. The van der Waals surface area contributed by atoms with E-state index in [1.54, 1.807) is 17.9 Å². The summed E-state index contributed by atoms with van der Waals surface area (Å²) in [6.07, 6.45) is 1.90. The lowest BCUT2D eigenvalue weighted by Gasteiger charge is -2.31. The normalized spacial score (nSPS) is 16.0. The summed E-state index contributed by atoms with van der Waals surface area (Å²) in [6.45, 7) is 3.91. The zero-order valence-electron chi connectivity index (χ0n) is 14.3. The summed E-state index contributed by atoms with van der Waals surface area (Å²) < 4.78 is 18.0. The van der Waals surface area contributed by atoms with Gasteiger partial charge in [-0.2, -0.15) is 0 Å². The molecule has 1 fully saturated rings. The Bertz CT molecular complexity index is 619. The van der Waals surface area contributed by atoms with Crippen LogP contribution in [0.4, 0.5) is 9.18 Å². The summed E-state index contributed by atoms with van der Waals surface area (Å²) >= 11 is 5.98. The second kappa shape index (κ2) is 9.46. The average molecular weight is 371 g/mol. The van der Waals surface area contributed by atoms with Crippen LogP contribution in [0.2, 0.25) is 5.02 Å². The number of guanidine groups is 1. The Kier molecular flexibility index (Phi) is 7.31. The van der Waals surface area contributed by atoms with Gasteiger partial charge in [-0.15, -0.1) is 0 Å². The van der Waals surface area contributed by atoms with Gasteiger partial charge in [0.25, 0.3) is 0 Å². The van der Waals surface area contributed by atoms with Crippen molar-refractivity contribution in [1.82, 2.24) is 10.2 Å². The number of aliphatic imine (C=N–C) groups is 1. The summed E-state index contributed by atoms with van der Waals surface area (Å²) in [5, 5.41) is 3.57. The van der Waals surface area contributed by atoms with E-state index in [2.05, 4.69) is 10.3 Å². The van der Waals surface area contributed by atoms with Crippen molar-refractivity contribution in [3.05, 3.63) is 34.6 Å². The molecule has 1 aliphatic rings. The molecule has 138 valence electrons. The maximum atomic E-state index is 13.0. The number of carbonyl (C=O) groups excluding carboxylic acids is 1. The average Bonchev–Trinajstić information content (AvgIpc) is 2.57. The van der Waals surface area contributed by atoms with E-state index in [0.717, 1.165) is 18.4 Å². The van der Waals surface area contributed by atoms with Crippen molar-refractivity contribution in [2.24, 2.45) is 10.7 Å². The predicted octanol–water partition coefficient (Wildman–Crippen LogP) is 2.55. The number of nitrogens with two attached hydrogens (primary N) is 1. The van der Waals surface area contributed by atoms with Crippen LogP contribution in [0.5, 0.6) is 0 Å². The third kappa shape index (κ3) is 6.08. The van der Waals surface area contributed by atoms with Crippen LogP contribution in [0, 0.1) is 5.82 Å². The van der Waals surface area contributed by atoms with Crippen molar-refractivity contribution in [2.75, 3.05) is 26.2 Å². The minimum absolute atomic E-state index is 0.184. The number of hydrogen-bond donors (Lipinski definition) is 2. The van der Waals surface area contributed by atoms with Gasteiger partial charge in [-0.3, -0.25) is 4.99 Å². The van der Waals surface area contributed by atoms with E-state index in [1.807, 2.05) is 0 Å². The minimum Gasteiger partial charge on any atom is -0.450 e. The van der Waals surface area contributed by atoms with Crippen LogP contribution in [0.3, 0.4) is 0 Å². The molecule has 0 aliphatic carbocycles. The van der Waals surface area contributed by atoms with Gasteiger partial charge in [-0.05, 0) is 43.9 Å². The molecule has 0 bridgehead atoms. The van der Waals surface area contributed by atoms with Gasteiger partial charge < -0.3 is 20.7 Å². The Hall–Kier alpha value is -2.02. The Labute approximate surface area is 152 Å². The summed E-state index contributed by atoms with van der Waals surface area (Å²) in [4.78, 5) is 17.6. The molecule has 8 heteroatoms. The highest BCUT2D eigenvalue weighted by atomic mass is 35.5. The van der Waals surface area contributed by atoms with Gasteiger partial charge in [0.15, 0.2) is 5.96 Å². The zero-order chi connectivity index (χ0) is 18.2. The van der Waals surface area contributed by atoms with E-state index in [-0.39, 0.29) is 18.0 Å². The molecule has 1 amide bonds. The number of nitrogens with one attached hydrogen (secondary N) is 1. The second-order valence-electron chi connectivity index (χ2n) is 5.86. The number of piperidine rings is 1. The maximum absolute atomic E-state index is 13.0. The Morgan fingerprint density at radius 3 is 2.84 bits per heavy atom. The molecule has 0 radical (unpaired) electrons. The van der Waals surface area contributed by atoms with Crippen LogP contribution < -0.4 is 11.1 Å². The van der Waals surface area contributed by atoms with Crippen LogP contribution in [0.25, 0.3) is 0 Å². The van der Waals surface area contributed by atoms with Gasteiger partial charge in [0.2, 0.25) is 0 Å². The summed E-state index contributed by atoms with van der Waals surface area (Å²) in [7, 11) is 0. The number of halogens is 2. The third-order valence-electron chi connectivity index (χ3n) is 4.05. The number of nitrogens with zero attached hydrogens (tertiary/aromatic N) is 2.